The van der Waals surface area contributed by atoms with Crippen LogP contribution in [0.2, 0.25) is 0 Å². The monoisotopic (exact) mass is 257 g/mol. The van der Waals surface area contributed by atoms with E-state index in [-0.39, 0.29) is 5.84 Å². The van der Waals surface area contributed by atoms with Crippen LogP contribution in [0.1, 0.15) is 25.8 Å². The number of benzene rings is 1. The highest BCUT2D eigenvalue weighted by Gasteiger charge is 2.12. The van der Waals surface area contributed by atoms with E-state index in [1.165, 1.54) is 0 Å². The summed E-state index contributed by atoms with van der Waals surface area (Å²) in [6, 6.07) is 7.73. The van der Waals surface area contributed by atoms with Gasteiger partial charge in [0.25, 0.3) is 0 Å². The summed E-state index contributed by atoms with van der Waals surface area (Å²) < 4.78 is 5.86. The molecule has 0 aliphatic heterocycles. The molecule has 1 aromatic heterocycles. The normalized spacial score (nSPS) is 10.9. The van der Waals surface area contributed by atoms with Crippen molar-refractivity contribution in [1.82, 2.24) is 4.98 Å². The molecule has 0 amide bonds. The van der Waals surface area contributed by atoms with Crippen LogP contribution in [0.25, 0.3) is 10.9 Å². The maximum atomic E-state index is 7.63. The van der Waals surface area contributed by atoms with Crippen molar-refractivity contribution in [3.05, 3.63) is 36.0 Å². The minimum atomic E-state index is -0.0159. The Labute approximate surface area is 113 Å². The van der Waals surface area contributed by atoms with Gasteiger partial charge in [-0.2, -0.15) is 0 Å². The molecule has 1 aromatic carbocycles. The van der Waals surface area contributed by atoms with Crippen LogP contribution in [0.4, 0.5) is 0 Å². The summed E-state index contributed by atoms with van der Waals surface area (Å²) in [6.45, 7) is 4.92. The Kier molecular flexibility index (Phi) is 4.00. The molecular weight excluding hydrogens is 238 g/mol. The van der Waals surface area contributed by atoms with Crippen LogP contribution in [0.3, 0.4) is 0 Å². The zero-order chi connectivity index (χ0) is 13.8. The van der Waals surface area contributed by atoms with Crippen molar-refractivity contribution in [2.45, 2.75) is 20.3 Å². The van der Waals surface area contributed by atoms with E-state index in [0.717, 1.165) is 17.3 Å². The number of nitrogens with one attached hydrogen (secondary N) is 1. The highest BCUT2D eigenvalue weighted by Crippen LogP contribution is 2.28. The number of aromatic nitrogens is 1. The fourth-order valence-corrected chi connectivity index (χ4v) is 1.86. The molecule has 0 saturated heterocycles. The Balaban J connectivity index is 2.41. The van der Waals surface area contributed by atoms with Crippen molar-refractivity contribution >= 4 is 16.7 Å². The summed E-state index contributed by atoms with van der Waals surface area (Å²) in [5.41, 5.74) is 7.01. The number of pyridine rings is 1. The zero-order valence-electron chi connectivity index (χ0n) is 11.3. The second-order valence-electron chi connectivity index (χ2n) is 4.96. The topological polar surface area (TPSA) is 72.0 Å². The number of amidine groups is 1. The van der Waals surface area contributed by atoms with E-state index in [2.05, 4.69) is 18.8 Å². The first-order valence-corrected chi connectivity index (χ1v) is 6.44. The van der Waals surface area contributed by atoms with E-state index in [0.29, 0.717) is 23.8 Å². The lowest BCUT2D eigenvalue weighted by Gasteiger charge is -2.14. The second kappa shape index (κ2) is 5.69. The standard InChI is InChI=1S/C15H19N3O/c1-10(2)7-8-19-14-11-5-3-4-6-13(11)18-9-12(14)15(16)17/h3-6,9-10H,7-8H2,1-2H3,(H3,16,17). The quantitative estimate of drug-likeness (QED) is 0.639. The largest absolute Gasteiger partial charge is 0.492 e. The van der Waals surface area contributed by atoms with Crippen LogP contribution in [-0.2, 0) is 0 Å². The van der Waals surface area contributed by atoms with Crippen LogP contribution in [0.5, 0.6) is 5.75 Å². The Morgan fingerprint density at radius 1 is 1.37 bits per heavy atom. The second-order valence-corrected chi connectivity index (χ2v) is 4.96. The van der Waals surface area contributed by atoms with E-state index >= 15 is 0 Å². The van der Waals surface area contributed by atoms with Gasteiger partial charge in [-0.15, -0.1) is 0 Å². The summed E-state index contributed by atoms with van der Waals surface area (Å²) in [6.07, 6.45) is 2.57. The van der Waals surface area contributed by atoms with Gasteiger partial charge in [-0.25, -0.2) is 0 Å². The number of hydrogen-bond acceptors (Lipinski definition) is 3. The van der Waals surface area contributed by atoms with E-state index in [1.54, 1.807) is 6.20 Å². The molecule has 19 heavy (non-hydrogen) atoms. The predicted molar refractivity (Wildman–Crippen MR) is 77.7 cm³/mol. The predicted octanol–water partition coefficient (Wildman–Crippen LogP) is 2.94. The maximum Gasteiger partial charge on any atom is 0.141 e. The van der Waals surface area contributed by atoms with Gasteiger partial charge < -0.3 is 10.5 Å². The first-order chi connectivity index (χ1) is 9.09. The molecule has 0 saturated carbocycles. The van der Waals surface area contributed by atoms with Gasteiger partial charge in [0.1, 0.15) is 11.6 Å². The van der Waals surface area contributed by atoms with Crippen LogP contribution in [-0.4, -0.2) is 17.4 Å². The molecule has 0 radical (unpaired) electrons. The molecule has 0 spiro atoms. The van der Waals surface area contributed by atoms with Gasteiger partial charge in [-0.1, -0.05) is 26.0 Å². The maximum absolute atomic E-state index is 7.63. The average Bonchev–Trinajstić information content (AvgIpc) is 2.38. The highest BCUT2D eigenvalue weighted by atomic mass is 16.5. The van der Waals surface area contributed by atoms with E-state index < -0.39 is 0 Å². The molecule has 0 aliphatic rings. The average molecular weight is 257 g/mol. The Morgan fingerprint density at radius 2 is 2.11 bits per heavy atom. The first-order valence-electron chi connectivity index (χ1n) is 6.44. The molecule has 3 N–H and O–H groups in total. The number of para-hydroxylation sites is 1. The number of fused-ring (bicyclic) bond motifs is 1. The van der Waals surface area contributed by atoms with Crippen LogP contribution < -0.4 is 10.5 Å². The lowest BCUT2D eigenvalue weighted by atomic mass is 10.1. The van der Waals surface area contributed by atoms with Crippen molar-refractivity contribution in [3.63, 3.8) is 0 Å². The third kappa shape index (κ3) is 3.02. The molecule has 100 valence electrons. The number of nitrogens with zero attached hydrogens (tertiary/aromatic N) is 1. The minimum absolute atomic E-state index is 0.0159. The highest BCUT2D eigenvalue weighted by molar-refractivity contribution is 6.02. The van der Waals surface area contributed by atoms with Crippen molar-refractivity contribution in [1.29, 1.82) is 5.41 Å². The molecule has 4 nitrogen and oxygen atoms in total. The number of hydrogen-bond donors (Lipinski definition) is 2. The minimum Gasteiger partial charge on any atom is -0.492 e. The molecule has 2 rings (SSSR count). The first kappa shape index (κ1) is 13.3. The summed E-state index contributed by atoms with van der Waals surface area (Å²) in [5.74, 6) is 1.23. The van der Waals surface area contributed by atoms with Crippen LogP contribution in [0, 0.1) is 11.3 Å². The van der Waals surface area contributed by atoms with Gasteiger partial charge in [0.2, 0.25) is 0 Å². The number of nitrogen functional groups attached to an aromatic ring is 1. The molecule has 4 heteroatoms. The van der Waals surface area contributed by atoms with Gasteiger partial charge in [0.15, 0.2) is 0 Å². The number of rotatable bonds is 5. The Bertz CT molecular complexity index is 593. The lowest BCUT2D eigenvalue weighted by molar-refractivity contribution is 0.292. The van der Waals surface area contributed by atoms with Gasteiger partial charge in [0, 0.05) is 11.6 Å². The molecule has 0 bridgehead atoms. The summed E-state index contributed by atoms with van der Waals surface area (Å²) in [4.78, 5) is 4.31. The van der Waals surface area contributed by atoms with Crippen molar-refractivity contribution < 1.29 is 4.74 Å². The molecule has 2 aromatic rings. The van der Waals surface area contributed by atoms with E-state index in [4.69, 9.17) is 15.9 Å². The summed E-state index contributed by atoms with van der Waals surface area (Å²) in [7, 11) is 0. The molecular formula is C15H19N3O. The van der Waals surface area contributed by atoms with Gasteiger partial charge in [-0.3, -0.25) is 10.4 Å². The van der Waals surface area contributed by atoms with Crippen LogP contribution >= 0.6 is 0 Å². The molecule has 0 atom stereocenters. The fourth-order valence-electron chi connectivity index (χ4n) is 1.86. The van der Waals surface area contributed by atoms with Gasteiger partial charge in [0.05, 0.1) is 17.7 Å². The number of ether oxygens (including phenoxy) is 1. The Morgan fingerprint density at radius 3 is 2.79 bits per heavy atom. The molecule has 0 fully saturated rings. The SMILES string of the molecule is CC(C)CCOc1c(C(=N)N)cnc2ccccc12. The van der Waals surface area contributed by atoms with Crippen molar-refractivity contribution in [2.75, 3.05) is 6.61 Å². The summed E-state index contributed by atoms with van der Waals surface area (Å²) >= 11 is 0. The summed E-state index contributed by atoms with van der Waals surface area (Å²) in [5, 5.41) is 8.53. The fraction of sp³-hybridized carbons (Fsp3) is 0.333. The lowest BCUT2D eigenvalue weighted by Crippen LogP contribution is -2.14. The third-order valence-electron chi connectivity index (χ3n) is 2.96. The molecule has 0 unspecified atom stereocenters. The van der Waals surface area contributed by atoms with Crippen molar-refractivity contribution in [2.24, 2.45) is 11.7 Å². The molecule has 1 heterocycles. The van der Waals surface area contributed by atoms with Crippen LogP contribution in [0.15, 0.2) is 30.5 Å². The van der Waals surface area contributed by atoms with Gasteiger partial charge in [-0.05, 0) is 24.5 Å². The number of nitrogens with two attached hydrogens (primary N) is 1. The van der Waals surface area contributed by atoms with E-state index in [1.807, 2.05) is 24.3 Å². The zero-order valence-corrected chi connectivity index (χ0v) is 11.3. The van der Waals surface area contributed by atoms with E-state index in [9.17, 15) is 0 Å². The van der Waals surface area contributed by atoms with Crippen molar-refractivity contribution in [3.8, 4) is 5.75 Å². The van der Waals surface area contributed by atoms with Gasteiger partial charge >= 0.3 is 0 Å². The molecule has 0 aliphatic carbocycles. The smallest absolute Gasteiger partial charge is 0.141 e. The Hall–Kier alpha value is -2.10. The third-order valence-corrected chi connectivity index (χ3v) is 2.96.